The summed E-state index contributed by atoms with van der Waals surface area (Å²) in [5.41, 5.74) is -0.614. The van der Waals surface area contributed by atoms with E-state index in [1.165, 1.54) is 0 Å². The first-order chi connectivity index (χ1) is 6.60. The van der Waals surface area contributed by atoms with Crippen LogP contribution in [-0.4, -0.2) is 28.9 Å². The summed E-state index contributed by atoms with van der Waals surface area (Å²) >= 11 is 1.66. The molecular weight excluding hydrogens is 200 g/mol. The zero-order valence-corrected chi connectivity index (χ0v) is 9.23. The van der Waals surface area contributed by atoms with Gasteiger partial charge in [-0.3, -0.25) is 9.59 Å². The Balaban J connectivity index is 2.63. The summed E-state index contributed by atoms with van der Waals surface area (Å²) in [7, 11) is 0. The number of hydrogen-bond acceptors (Lipinski definition) is 3. The highest BCUT2D eigenvalue weighted by Crippen LogP contribution is 2.39. The third-order valence-electron chi connectivity index (χ3n) is 3.00. The lowest BCUT2D eigenvalue weighted by Gasteiger charge is -2.32. The van der Waals surface area contributed by atoms with Crippen LogP contribution in [0, 0.1) is 5.41 Å². The molecule has 0 saturated heterocycles. The van der Waals surface area contributed by atoms with Crippen molar-refractivity contribution in [3.05, 3.63) is 0 Å². The van der Waals surface area contributed by atoms with E-state index in [2.05, 4.69) is 0 Å². The first-order valence-corrected chi connectivity index (χ1v) is 6.24. The van der Waals surface area contributed by atoms with E-state index in [1.807, 2.05) is 6.26 Å². The Morgan fingerprint density at radius 1 is 1.50 bits per heavy atom. The smallest absolute Gasteiger partial charge is 0.309 e. The van der Waals surface area contributed by atoms with E-state index in [4.69, 9.17) is 0 Å². The number of carbonyl (C=O) groups is 2. The van der Waals surface area contributed by atoms with E-state index in [0.29, 0.717) is 32.1 Å². The third-order valence-corrected chi connectivity index (χ3v) is 3.62. The normalized spacial score (nSPS) is 20.8. The van der Waals surface area contributed by atoms with Gasteiger partial charge in [0.05, 0.1) is 5.41 Å². The van der Waals surface area contributed by atoms with Crippen molar-refractivity contribution >= 4 is 23.5 Å². The second-order valence-electron chi connectivity index (χ2n) is 3.87. The molecule has 0 amide bonds. The van der Waals surface area contributed by atoms with Gasteiger partial charge < -0.3 is 5.11 Å². The molecule has 0 atom stereocenters. The van der Waals surface area contributed by atoms with Crippen LogP contribution in [-0.2, 0) is 9.59 Å². The molecule has 0 aliphatic heterocycles. The summed E-state index contributed by atoms with van der Waals surface area (Å²) in [6.45, 7) is 0. The van der Waals surface area contributed by atoms with Crippen molar-refractivity contribution in [2.24, 2.45) is 5.41 Å². The zero-order chi connectivity index (χ0) is 10.6. The largest absolute Gasteiger partial charge is 0.481 e. The molecular formula is C10H16O3S. The number of carboxylic acid groups (broad SMARTS) is 1. The van der Waals surface area contributed by atoms with Crippen LogP contribution in [0.15, 0.2) is 0 Å². The Kier molecular flexibility index (Phi) is 3.98. The zero-order valence-electron chi connectivity index (χ0n) is 8.41. The Labute approximate surface area is 88.3 Å². The summed E-state index contributed by atoms with van der Waals surface area (Å²) in [4.78, 5) is 22.2. The molecule has 0 spiro atoms. The molecule has 4 heteroatoms. The number of hydrogen-bond donors (Lipinski definition) is 1. The number of Topliss-reactive ketones (excluding diaryl/α,β-unsaturated/α-hetero) is 1. The molecule has 14 heavy (non-hydrogen) atoms. The van der Waals surface area contributed by atoms with Gasteiger partial charge in [-0.1, -0.05) is 0 Å². The van der Waals surface area contributed by atoms with Gasteiger partial charge in [-0.05, 0) is 31.3 Å². The minimum atomic E-state index is -0.723. The molecule has 0 aromatic heterocycles. The Morgan fingerprint density at radius 2 is 2.07 bits per heavy atom. The first-order valence-electron chi connectivity index (χ1n) is 4.85. The first kappa shape index (κ1) is 11.6. The number of thioether (sulfide) groups is 1. The molecule has 1 rings (SSSR count). The van der Waals surface area contributed by atoms with Crippen molar-refractivity contribution in [2.45, 2.75) is 32.1 Å². The average Bonchev–Trinajstić information content (AvgIpc) is 2.17. The van der Waals surface area contributed by atoms with Crippen LogP contribution in [0.5, 0.6) is 0 Å². The molecule has 3 nitrogen and oxygen atoms in total. The van der Waals surface area contributed by atoms with Gasteiger partial charge >= 0.3 is 5.97 Å². The Bertz CT molecular complexity index is 228. The SMILES string of the molecule is CSCCC1(C(=O)O)CCC(=O)CC1. The lowest BCUT2D eigenvalue weighted by Crippen LogP contribution is -2.36. The molecule has 1 aliphatic carbocycles. The molecule has 1 aliphatic rings. The molecule has 1 fully saturated rings. The fourth-order valence-electron chi connectivity index (χ4n) is 1.88. The van der Waals surface area contributed by atoms with Gasteiger partial charge in [0, 0.05) is 12.8 Å². The maximum Gasteiger partial charge on any atom is 0.309 e. The lowest BCUT2D eigenvalue weighted by molar-refractivity contribution is -0.152. The number of carbonyl (C=O) groups excluding carboxylic acids is 1. The van der Waals surface area contributed by atoms with Crippen LogP contribution in [0.25, 0.3) is 0 Å². The lowest BCUT2D eigenvalue weighted by atomic mass is 9.72. The topological polar surface area (TPSA) is 54.4 Å². The van der Waals surface area contributed by atoms with Gasteiger partial charge in [0.1, 0.15) is 5.78 Å². The van der Waals surface area contributed by atoms with E-state index in [0.717, 1.165) is 5.75 Å². The molecule has 0 aromatic rings. The van der Waals surface area contributed by atoms with Crippen molar-refractivity contribution in [1.82, 2.24) is 0 Å². The van der Waals surface area contributed by atoms with Crippen LogP contribution in [0.3, 0.4) is 0 Å². The van der Waals surface area contributed by atoms with Crippen molar-refractivity contribution in [1.29, 1.82) is 0 Å². The molecule has 80 valence electrons. The predicted molar refractivity (Wildman–Crippen MR) is 56.5 cm³/mol. The highest BCUT2D eigenvalue weighted by atomic mass is 32.2. The molecule has 0 unspecified atom stereocenters. The van der Waals surface area contributed by atoms with Crippen molar-refractivity contribution in [2.75, 3.05) is 12.0 Å². The molecule has 0 aromatic carbocycles. The van der Waals surface area contributed by atoms with E-state index in [-0.39, 0.29) is 5.78 Å². The van der Waals surface area contributed by atoms with Crippen molar-refractivity contribution in [3.8, 4) is 0 Å². The van der Waals surface area contributed by atoms with Crippen LogP contribution < -0.4 is 0 Å². The maximum atomic E-state index is 11.2. The minimum Gasteiger partial charge on any atom is -0.481 e. The second kappa shape index (κ2) is 4.82. The Hall–Kier alpha value is -0.510. The monoisotopic (exact) mass is 216 g/mol. The van der Waals surface area contributed by atoms with Crippen LogP contribution in [0.4, 0.5) is 0 Å². The number of rotatable bonds is 4. The molecule has 0 bridgehead atoms. The number of aliphatic carboxylic acids is 1. The second-order valence-corrected chi connectivity index (χ2v) is 4.85. The fraction of sp³-hybridized carbons (Fsp3) is 0.800. The van der Waals surface area contributed by atoms with Gasteiger partial charge in [0.15, 0.2) is 0 Å². The quantitative estimate of drug-likeness (QED) is 0.780. The van der Waals surface area contributed by atoms with E-state index in [9.17, 15) is 14.7 Å². The summed E-state index contributed by atoms with van der Waals surface area (Å²) in [6.07, 6.45) is 4.62. The summed E-state index contributed by atoms with van der Waals surface area (Å²) in [5, 5.41) is 9.18. The highest BCUT2D eigenvalue weighted by Gasteiger charge is 2.40. The number of ketones is 1. The van der Waals surface area contributed by atoms with Gasteiger partial charge in [0.2, 0.25) is 0 Å². The summed E-state index contributed by atoms with van der Waals surface area (Å²) in [5.74, 6) is 0.352. The Morgan fingerprint density at radius 3 is 2.50 bits per heavy atom. The van der Waals surface area contributed by atoms with Gasteiger partial charge in [-0.2, -0.15) is 11.8 Å². The molecule has 1 saturated carbocycles. The van der Waals surface area contributed by atoms with Crippen LogP contribution in [0.1, 0.15) is 32.1 Å². The van der Waals surface area contributed by atoms with Gasteiger partial charge in [-0.25, -0.2) is 0 Å². The molecule has 0 radical (unpaired) electrons. The minimum absolute atomic E-state index is 0.214. The van der Waals surface area contributed by atoms with Crippen LogP contribution in [0.2, 0.25) is 0 Å². The standard InChI is InChI=1S/C10H16O3S/c1-14-7-6-10(9(12)13)4-2-8(11)3-5-10/h2-7H2,1H3,(H,12,13). The number of carboxylic acids is 1. The maximum absolute atomic E-state index is 11.2. The average molecular weight is 216 g/mol. The summed E-state index contributed by atoms with van der Waals surface area (Å²) in [6, 6.07) is 0. The third kappa shape index (κ3) is 2.50. The molecule has 1 N–H and O–H groups in total. The molecule has 0 heterocycles. The van der Waals surface area contributed by atoms with Crippen molar-refractivity contribution < 1.29 is 14.7 Å². The van der Waals surface area contributed by atoms with Crippen molar-refractivity contribution in [3.63, 3.8) is 0 Å². The van der Waals surface area contributed by atoms with E-state index in [1.54, 1.807) is 11.8 Å². The van der Waals surface area contributed by atoms with Gasteiger partial charge in [-0.15, -0.1) is 0 Å². The van der Waals surface area contributed by atoms with Crippen LogP contribution >= 0.6 is 11.8 Å². The van der Waals surface area contributed by atoms with E-state index >= 15 is 0 Å². The van der Waals surface area contributed by atoms with Gasteiger partial charge in [0.25, 0.3) is 0 Å². The predicted octanol–water partition coefficient (Wildman–Crippen LogP) is 1.95. The van der Waals surface area contributed by atoms with E-state index < -0.39 is 11.4 Å². The highest BCUT2D eigenvalue weighted by molar-refractivity contribution is 7.98. The summed E-state index contributed by atoms with van der Waals surface area (Å²) < 4.78 is 0. The fourth-order valence-corrected chi connectivity index (χ4v) is 2.47.